The van der Waals surface area contributed by atoms with Gasteiger partial charge in [-0.3, -0.25) is 9.69 Å². The molecule has 1 aliphatic heterocycles. The van der Waals surface area contributed by atoms with Gasteiger partial charge < -0.3 is 14.8 Å². The summed E-state index contributed by atoms with van der Waals surface area (Å²) in [6.45, 7) is 3.19. The summed E-state index contributed by atoms with van der Waals surface area (Å²) in [5.41, 5.74) is 2.06. The van der Waals surface area contributed by atoms with Crippen molar-refractivity contribution in [3.05, 3.63) is 66.7 Å². The molecule has 0 radical (unpaired) electrons. The zero-order chi connectivity index (χ0) is 20.9. The second-order valence-electron chi connectivity index (χ2n) is 7.32. The van der Waals surface area contributed by atoms with Gasteiger partial charge in [0.05, 0.1) is 18.8 Å². The highest BCUT2D eigenvalue weighted by molar-refractivity contribution is 5.78. The van der Waals surface area contributed by atoms with Gasteiger partial charge in [-0.05, 0) is 43.8 Å². The highest BCUT2D eigenvalue weighted by atomic mass is 16.6. The van der Waals surface area contributed by atoms with E-state index < -0.39 is 0 Å². The Balaban J connectivity index is 1.26. The lowest BCUT2D eigenvalue weighted by atomic mass is 10.1. The fourth-order valence-corrected chi connectivity index (χ4v) is 3.31. The number of hydrogen-bond donors (Lipinski definition) is 1. The predicted molar refractivity (Wildman–Crippen MR) is 112 cm³/mol. The van der Waals surface area contributed by atoms with Gasteiger partial charge in [0.25, 0.3) is 0 Å². The smallest absolute Gasteiger partial charge is 0.234 e. The first kappa shape index (κ1) is 19.9. The maximum absolute atomic E-state index is 12.4. The second-order valence-corrected chi connectivity index (χ2v) is 7.32. The van der Waals surface area contributed by atoms with Crippen LogP contribution in [0.4, 0.5) is 0 Å². The number of amides is 1. The molecule has 0 spiro atoms. The molecule has 0 saturated carbocycles. The van der Waals surface area contributed by atoms with Crippen LogP contribution in [-0.2, 0) is 4.79 Å². The summed E-state index contributed by atoms with van der Waals surface area (Å²) in [6, 6.07) is 15.7. The largest absolute Gasteiger partial charge is 0.486 e. The number of hydrogen-bond acceptors (Lipinski definition) is 6. The molecule has 1 N–H and O–H groups in total. The summed E-state index contributed by atoms with van der Waals surface area (Å²) in [4.78, 5) is 18.4. The molecular formula is C22H25N5O3. The van der Waals surface area contributed by atoms with Gasteiger partial charge in [0.2, 0.25) is 5.91 Å². The molecule has 30 heavy (non-hydrogen) atoms. The quantitative estimate of drug-likeness (QED) is 0.647. The zero-order valence-corrected chi connectivity index (χ0v) is 17.1. The monoisotopic (exact) mass is 407 g/mol. The molecule has 2 aromatic carbocycles. The van der Waals surface area contributed by atoms with Crippen LogP contribution in [0.25, 0.3) is 5.69 Å². The maximum atomic E-state index is 12.4. The third kappa shape index (κ3) is 4.60. The number of likely N-dealkylation sites (N-methyl/N-ethyl adjacent to an activating group) is 1. The van der Waals surface area contributed by atoms with Gasteiger partial charge in [0.15, 0.2) is 11.5 Å². The molecule has 0 bridgehead atoms. The molecule has 0 unspecified atom stereocenters. The van der Waals surface area contributed by atoms with E-state index in [0.717, 1.165) is 17.0 Å². The SMILES string of the molecule is C[C@H](c1ccc(-n2cncn2)cc1)N(C)CC(=O)NC[C@@H]1COc2ccccc2O1. The summed E-state index contributed by atoms with van der Waals surface area (Å²) in [5.74, 6) is 1.40. The van der Waals surface area contributed by atoms with Crippen molar-refractivity contribution in [3.8, 4) is 17.2 Å². The molecule has 0 saturated heterocycles. The molecule has 8 nitrogen and oxygen atoms in total. The molecule has 0 aliphatic carbocycles. The van der Waals surface area contributed by atoms with E-state index in [2.05, 4.69) is 22.3 Å². The molecule has 1 aliphatic rings. The average molecular weight is 407 g/mol. The van der Waals surface area contributed by atoms with Crippen LogP contribution in [0.15, 0.2) is 61.2 Å². The molecule has 2 heterocycles. The Morgan fingerprint density at radius 1 is 1.23 bits per heavy atom. The van der Waals surface area contributed by atoms with E-state index in [1.807, 2.05) is 60.5 Å². The standard InChI is InChI=1S/C22H25N5O3/c1-16(17-7-9-18(10-8-17)27-15-23-14-25-27)26(2)12-22(28)24-11-19-13-29-20-5-3-4-6-21(20)30-19/h3-10,14-16,19H,11-13H2,1-2H3,(H,24,28)/t16-,19-/m1/s1. The third-order valence-electron chi connectivity index (χ3n) is 5.21. The van der Waals surface area contributed by atoms with Crippen LogP contribution in [0.1, 0.15) is 18.5 Å². The summed E-state index contributed by atoms with van der Waals surface area (Å²) in [7, 11) is 1.94. The molecular weight excluding hydrogens is 382 g/mol. The molecule has 2 atom stereocenters. The highest BCUT2D eigenvalue weighted by Crippen LogP contribution is 2.30. The van der Waals surface area contributed by atoms with E-state index in [9.17, 15) is 4.79 Å². The van der Waals surface area contributed by atoms with E-state index in [0.29, 0.717) is 18.9 Å². The number of ether oxygens (including phenoxy) is 2. The number of carbonyl (C=O) groups excluding carboxylic acids is 1. The van der Waals surface area contributed by atoms with E-state index in [4.69, 9.17) is 9.47 Å². The molecule has 3 aromatic rings. The van der Waals surface area contributed by atoms with E-state index >= 15 is 0 Å². The molecule has 156 valence electrons. The Bertz CT molecular complexity index is 975. The van der Waals surface area contributed by atoms with Gasteiger partial charge in [0, 0.05) is 6.04 Å². The first-order valence-corrected chi connectivity index (χ1v) is 9.90. The van der Waals surface area contributed by atoms with Crippen LogP contribution in [0, 0.1) is 0 Å². The predicted octanol–water partition coefficient (Wildman–Crippen LogP) is 2.22. The summed E-state index contributed by atoms with van der Waals surface area (Å²) < 4.78 is 13.3. The Morgan fingerprint density at radius 2 is 2.00 bits per heavy atom. The normalized spacial score (nSPS) is 16.3. The van der Waals surface area contributed by atoms with Gasteiger partial charge in [-0.1, -0.05) is 24.3 Å². The fraction of sp³-hybridized carbons (Fsp3) is 0.318. The average Bonchev–Trinajstić information content (AvgIpc) is 3.32. The number of nitrogens with zero attached hydrogens (tertiary/aromatic N) is 4. The van der Waals surface area contributed by atoms with Gasteiger partial charge in [-0.2, -0.15) is 5.10 Å². The second kappa shape index (κ2) is 8.96. The minimum Gasteiger partial charge on any atom is -0.486 e. The van der Waals surface area contributed by atoms with Crippen molar-refractivity contribution in [2.75, 3.05) is 26.7 Å². The number of fused-ring (bicyclic) bond motifs is 1. The van der Waals surface area contributed by atoms with Crippen LogP contribution in [0.5, 0.6) is 11.5 Å². The van der Waals surface area contributed by atoms with E-state index in [-0.39, 0.29) is 24.6 Å². The van der Waals surface area contributed by atoms with Crippen molar-refractivity contribution in [2.45, 2.75) is 19.1 Å². The Labute approximate surface area is 175 Å². The molecule has 4 rings (SSSR count). The number of benzene rings is 2. The molecule has 1 aromatic heterocycles. The lowest BCUT2D eigenvalue weighted by Gasteiger charge is -2.27. The minimum atomic E-state index is -0.198. The van der Waals surface area contributed by atoms with Gasteiger partial charge >= 0.3 is 0 Å². The first-order chi connectivity index (χ1) is 14.6. The number of carbonyl (C=O) groups is 1. The van der Waals surface area contributed by atoms with Crippen molar-refractivity contribution in [1.82, 2.24) is 25.0 Å². The van der Waals surface area contributed by atoms with Crippen molar-refractivity contribution < 1.29 is 14.3 Å². The number of nitrogens with one attached hydrogen (secondary N) is 1. The van der Waals surface area contributed by atoms with Crippen molar-refractivity contribution >= 4 is 5.91 Å². The van der Waals surface area contributed by atoms with Crippen LogP contribution >= 0.6 is 0 Å². The lowest BCUT2D eigenvalue weighted by molar-refractivity contribution is -0.122. The van der Waals surface area contributed by atoms with E-state index in [1.54, 1.807) is 11.0 Å². The lowest BCUT2D eigenvalue weighted by Crippen LogP contribution is -2.44. The minimum absolute atomic E-state index is 0.0500. The van der Waals surface area contributed by atoms with Gasteiger partial charge in [-0.15, -0.1) is 0 Å². The number of para-hydroxylation sites is 2. The fourth-order valence-electron chi connectivity index (χ4n) is 3.31. The van der Waals surface area contributed by atoms with Crippen molar-refractivity contribution in [2.24, 2.45) is 0 Å². The van der Waals surface area contributed by atoms with Crippen LogP contribution in [0.3, 0.4) is 0 Å². The maximum Gasteiger partial charge on any atom is 0.234 e. The summed E-state index contributed by atoms with van der Waals surface area (Å²) in [5, 5.41) is 7.07. The Morgan fingerprint density at radius 3 is 2.73 bits per heavy atom. The molecule has 0 fully saturated rings. The van der Waals surface area contributed by atoms with Crippen molar-refractivity contribution in [1.29, 1.82) is 0 Å². The Hall–Kier alpha value is -3.39. The van der Waals surface area contributed by atoms with Gasteiger partial charge in [-0.25, -0.2) is 9.67 Å². The summed E-state index contributed by atoms with van der Waals surface area (Å²) >= 11 is 0. The Kier molecular flexibility index (Phi) is 5.94. The van der Waals surface area contributed by atoms with Crippen molar-refractivity contribution in [3.63, 3.8) is 0 Å². The zero-order valence-electron chi connectivity index (χ0n) is 17.1. The first-order valence-electron chi connectivity index (χ1n) is 9.90. The molecule has 1 amide bonds. The van der Waals surface area contributed by atoms with Crippen LogP contribution in [-0.4, -0.2) is 58.4 Å². The van der Waals surface area contributed by atoms with Gasteiger partial charge in [0.1, 0.15) is 25.4 Å². The molecule has 8 heteroatoms. The topological polar surface area (TPSA) is 81.5 Å². The third-order valence-corrected chi connectivity index (χ3v) is 5.21. The number of aromatic nitrogens is 3. The van der Waals surface area contributed by atoms with Crippen LogP contribution < -0.4 is 14.8 Å². The number of rotatable bonds is 7. The highest BCUT2D eigenvalue weighted by Gasteiger charge is 2.22. The van der Waals surface area contributed by atoms with Crippen LogP contribution in [0.2, 0.25) is 0 Å². The summed E-state index contributed by atoms with van der Waals surface area (Å²) in [6.07, 6.45) is 2.97. The van der Waals surface area contributed by atoms with E-state index in [1.165, 1.54) is 6.33 Å².